The molecule has 0 aliphatic heterocycles. The van der Waals surface area contributed by atoms with Crippen molar-refractivity contribution in [2.45, 2.75) is 11.8 Å². The number of nitrogens with zero attached hydrogens (tertiary/aromatic N) is 2. The number of imidazole rings is 1. The van der Waals surface area contributed by atoms with E-state index in [9.17, 15) is 22.3 Å². The Kier molecular flexibility index (Phi) is 9.66. The van der Waals surface area contributed by atoms with Gasteiger partial charge in [0.2, 0.25) is 10.0 Å². The van der Waals surface area contributed by atoms with E-state index in [4.69, 9.17) is 16.3 Å². The molecule has 167 valence electrons. The van der Waals surface area contributed by atoms with Crippen LogP contribution in [-0.4, -0.2) is 88.0 Å². The first kappa shape index (κ1) is 27.6. The van der Waals surface area contributed by atoms with Gasteiger partial charge in [-0.15, -0.1) is 4.49 Å². The summed E-state index contributed by atoms with van der Waals surface area (Å²) in [6.45, 7) is 1.31. The number of rotatable bonds is 8. The van der Waals surface area contributed by atoms with Crippen molar-refractivity contribution in [1.29, 1.82) is 0 Å². The zero-order valence-electron chi connectivity index (χ0n) is 17.3. The van der Waals surface area contributed by atoms with Crippen LogP contribution in [0, 0.1) is 5.82 Å². The molecule has 9 nitrogen and oxygen atoms in total. The minimum absolute atomic E-state index is 0. The molecule has 32 heavy (non-hydrogen) atoms. The number of nitrogens with one attached hydrogen (secondary N) is 1. The SMILES string of the molecule is CCOP(=O)(O)NS(=O)(=O)c1ccc(-n2cnc(Cl)c2-c2ccc(OC)c(F)c2)cc1.[K]. The van der Waals surface area contributed by atoms with Gasteiger partial charge in [-0.05, 0) is 49.4 Å². The average molecular weight is 529 g/mol. The first-order valence-electron chi connectivity index (χ1n) is 8.76. The van der Waals surface area contributed by atoms with Crippen LogP contribution in [0.1, 0.15) is 6.92 Å². The molecule has 3 rings (SSSR count). The third-order valence-electron chi connectivity index (χ3n) is 4.11. The van der Waals surface area contributed by atoms with Gasteiger partial charge in [-0.2, -0.15) is 0 Å². The second-order valence-corrected chi connectivity index (χ2v) is 10.00. The van der Waals surface area contributed by atoms with Crippen molar-refractivity contribution in [3.63, 3.8) is 0 Å². The monoisotopic (exact) mass is 528 g/mol. The van der Waals surface area contributed by atoms with E-state index in [1.165, 1.54) is 56.8 Å². The van der Waals surface area contributed by atoms with E-state index in [1.807, 2.05) is 0 Å². The van der Waals surface area contributed by atoms with Crippen LogP contribution in [0.15, 0.2) is 53.7 Å². The number of ether oxygens (including phenoxy) is 1. The van der Waals surface area contributed by atoms with Gasteiger partial charge in [0.15, 0.2) is 16.7 Å². The van der Waals surface area contributed by atoms with E-state index in [-0.39, 0.29) is 73.8 Å². The van der Waals surface area contributed by atoms with Crippen molar-refractivity contribution < 1.29 is 31.5 Å². The zero-order chi connectivity index (χ0) is 22.8. The Hall–Kier alpha value is -0.634. The van der Waals surface area contributed by atoms with Gasteiger partial charge in [0.05, 0.1) is 24.3 Å². The Morgan fingerprint density at radius 1 is 1.25 bits per heavy atom. The van der Waals surface area contributed by atoms with Crippen LogP contribution in [0.4, 0.5) is 4.39 Å². The van der Waals surface area contributed by atoms with Gasteiger partial charge in [0.1, 0.15) is 6.33 Å². The van der Waals surface area contributed by atoms with Crippen LogP contribution in [-0.2, 0) is 19.1 Å². The summed E-state index contributed by atoms with van der Waals surface area (Å²) in [4.78, 5) is 13.3. The van der Waals surface area contributed by atoms with Crippen molar-refractivity contribution in [2.24, 2.45) is 0 Å². The van der Waals surface area contributed by atoms with Gasteiger partial charge < -0.3 is 9.63 Å². The summed E-state index contributed by atoms with van der Waals surface area (Å²) < 4.78 is 63.2. The van der Waals surface area contributed by atoms with Gasteiger partial charge in [-0.1, -0.05) is 11.6 Å². The van der Waals surface area contributed by atoms with Crippen molar-refractivity contribution in [3.05, 3.63) is 59.8 Å². The van der Waals surface area contributed by atoms with Gasteiger partial charge in [-0.25, -0.2) is 22.4 Å². The molecule has 14 heteroatoms. The largest absolute Gasteiger partial charge is 0.494 e. The quantitative estimate of drug-likeness (QED) is 0.340. The number of hydrogen-bond acceptors (Lipinski definition) is 6. The number of halogens is 2. The van der Waals surface area contributed by atoms with Crippen molar-refractivity contribution in [1.82, 2.24) is 14.0 Å². The molecule has 1 aromatic heterocycles. The molecule has 1 heterocycles. The van der Waals surface area contributed by atoms with Gasteiger partial charge in [0.25, 0.3) is 0 Å². The minimum atomic E-state index is -4.52. The molecule has 1 unspecified atom stereocenters. The van der Waals surface area contributed by atoms with E-state index in [0.717, 1.165) is 0 Å². The van der Waals surface area contributed by atoms with Gasteiger partial charge in [-0.3, -0.25) is 9.09 Å². The van der Waals surface area contributed by atoms with Gasteiger partial charge in [0, 0.05) is 62.6 Å². The number of methoxy groups -OCH3 is 1. The smallest absolute Gasteiger partial charge is 0.416 e. The fourth-order valence-corrected chi connectivity index (χ4v) is 5.72. The van der Waals surface area contributed by atoms with Crippen LogP contribution in [0.5, 0.6) is 5.75 Å². The third kappa shape index (κ3) is 6.27. The molecule has 0 amide bonds. The van der Waals surface area contributed by atoms with Crippen LogP contribution in [0.25, 0.3) is 16.9 Å². The molecular weight excluding hydrogens is 511 g/mol. The maximum atomic E-state index is 14.2. The van der Waals surface area contributed by atoms with Crippen molar-refractivity contribution in [3.8, 4) is 22.7 Å². The maximum absolute atomic E-state index is 14.2. The molecule has 0 spiro atoms. The normalized spacial score (nSPS) is 13.3. The number of hydrogen-bond donors (Lipinski definition) is 2. The maximum Gasteiger partial charge on any atom is 0.416 e. The van der Waals surface area contributed by atoms with E-state index in [1.54, 1.807) is 15.1 Å². The molecule has 0 aliphatic rings. The molecule has 0 saturated heterocycles. The molecule has 0 bridgehead atoms. The molecule has 2 aromatic carbocycles. The van der Waals surface area contributed by atoms with Crippen molar-refractivity contribution >= 4 is 80.8 Å². The average Bonchev–Trinajstić information content (AvgIpc) is 3.08. The first-order valence-corrected chi connectivity index (χ1v) is 12.2. The first-order chi connectivity index (χ1) is 14.6. The molecule has 1 atom stereocenters. The standard InChI is InChI=1S/C18H18ClFN3O6PS.K/c1-3-29-30(24,25)22-31(26,27)14-7-5-13(6-8-14)23-11-21-18(19)17(23)12-4-9-16(28-2)15(20)10-12;/h4-11H,3H2,1-2H3,(H2,22,24,25);. The molecule has 0 fully saturated rings. The molecule has 0 saturated carbocycles. The molecule has 3 aromatic rings. The fourth-order valence-electron chi connectivity index (χ4n) is 2.79. The molecule has 1 radical (unpaired) electrons. The third-order valence-corrected chi connectivity index (χ3v) is 7.77. The van der Waals surface area contributed by atoms with Crippen molar-refractivity contribution in [2.75, 3.05) is 13.7 Å². The predicted molar refractivity (Wildman–Crippen MR) is 118 cm³/mol. The summed E-state index contributed by atoms with van der Waals surface area (Å²) in [7, 11) is -7.48. The fraction of sp³-hybridized carbons (Fsp3) is 0.167. The van der Waals surface area contributed by atoms with Crippen LogP contribution >= 0.6 is 19.3 Å². The number of aromatic nitrogens is 2. The minimum Gasteiger partial charge on any atom is -0.494 e. The number of benzene rings is 2. The summed E-state index contributed by atoms with van der Waals surface area (Å²) in [5.41, 5.74) is 1.28. The Morgan fingerprint density at radius 2 is 1.91 bits per heavy atom. The Bertz CT molecular complexity index is 1260. The topological polar surface area (TPSA) is 120 Å². The zero-order valence-corrected chi connectivity index (χ0v) is 22.9. The Labute approximate surface area is 232 Å². The van der Waals surface area contributed by atoms with Crippen LogP contribution in [0.2, 0.25) is 5.15 Å². The Balaban J connectivity index is 0.00000363. The van der Waals surface area contributed by atoms with E-state index in [2.05, 4.69) is 9.51 Å². The number of sulfonamides is 1. The van der Waals surface area contributed by atoms with E-state index in [0.29, 0.717) is 16.9 Å². The predicted octanol–water partition coefficient (Wildman–Crippen LogP) is 3.37. The second-order valence-electron chi connectivity index (χ2n) is 6.13. The van der Waals surface area contributed by atoms with E-state index < -0.39 is 23.6 Å². The van der Waals surface area contributed by atoms with Crippen LogP contribution < -0.4 is 9.23 Å². The summed E-state index contributed by atoms with van der Waals surface area (Å²) >= 11 is 6.20. The molecule has 0 aliphatic carbocycles. The summed E-state index contributed by atoms with van der Waals surface area (Å²) in [6.07, 6.45) is 1.40. The second kappa shape index (κ2) is 11.2. The molecule has 2 N–H and O–H groups in total. The summed E-state index contributed by atoms with van der Waals surface area (Å²) in [6, 6.07) is 9.65. The Morgan fingerprint density at radius 3 is 2.47 bits per heavy atom. The van der Waals surface area contributed by atoms with Crippen LogP contribution in [0.3, 0.4) is 0 Å². The summed E-state index contributed by atoms with van der Waals surface area (Å²) in [5, 5.41) is 0.112. The molecular formula is C18H18ClFKN3O6PS. The van der Waals surface area contributed by atoms with Gasteiger partial charge >= 0.3 is 7.75 Å². The summed E-state index contributed by atoms with van der Waals surface area (Å²) in [5.74, 6) is -0.514. The van der Waals surface area contributed by atoms with E-state index >= 15 is 0 Å².